The molecule has 214 valence electrons. The zero-order valence-electron chi connectivity index (χ0n) is 22.9. The second-order valence-corrected chi connectivity index (χ2v) is 10.4. The van der Waals surface area contributed by atoms with E-state index in [1.54, 1.807) is 4.57 Å². The van der Waals surface area contributed by atoms with Gasteiger partial charge in [0.05, 0.1) is 18.0 Å². The predicted molar refractivity (Wildman–Crippen MR) is 144 cm³/mol. The zero-order valence-corrected chi connectivity index (χ0v) is 22.9. The number of rotatable bonds is 9. The van der Waals surface area contributed by atoms with E-state index in [2.05, 4.69) is 5.32 Å². The summed E-state index contributed by atoms with van der Waals surface area (Å²) < 4.78 is 38.3. The zero-order chi connectivity index (χ0) is 28.6. The highest BCUT2D eigenvalue weighted by Crippen LogP contribution is 2.45. The Kier molecular flexibility index (Phi) is 8.02. The van der Waals surface area contributed by atoms with Crippen LogP contribution < -0.4 is 20.4 Å². The van der Waals surface area contributed by atoms with Gasteiger partial charge < -0.3 is 33.5 Å². The number of piperidine rings is 1. The number of anilines is 1. The van der Waals surface area contributed by atoms with Crippen molar-refractivity contribution in [3.05, 3.63) is 33.9 Å². The van der Waals surface area contributed by atoms with Crippen LogP contribution in [0.4, 0.5) is 10.1 Å². The Morgan fingerprint density at radius 3 is 2.38 bits per heavy atom. The first kappa shape index (κ1) is 27.9. The van der Waals surface area contributed by atoms with E-state index < -0.39 is 42.0 Å². The molecule has 5 rings (SSSR count). The topological polar surface area (TPSA) is 125 Å². The van der Waals surface area contributed by atoms with Gasteiger partial charge in [0, 0.05) is 44.2 Å². The maximum absolute atomic E-state index is 15.8. The number of aromatic nitrogens is 1. The van der Waals surface area contributed by atoms with Crippen LogP contribution in [0.5, 0.6) is 5.75 Å². The molecular formula is C27H33BFN3O8. The van der Waals surface area contributed by atoms with Crippen molar-refractivity contribution in [3.63, 3.8) is 0 Å². The molecule has 3 heterocycles. The van der Waals surface area contributed by atoms with Crippen LogP contribution in [0, 0.1) is 11.7 Å². The minimum Gasteiger partial charge on any atom is -0.492 e. The van der Waals surface area contributed by atoms with E-state index in [9.17, 15) is 19.2 Å². The van der Waals surface area contributed by atoms with Crippen LogP contribution in [0.2, 0.25) is 0 Å². The first-order valence-electron chi connectivity index (χ1n) is 13.8. The Balaban J connectivity index is 1.55. The summed E-state index contributed by atoms with van der Waals surface area (Å²) in [4.78, 5) is 52.3. The van der Waals surface area contributed by atoms with Crippen molar-refractivity contribution in [1.82, 2.24) is 9.88 Å². The van der Waals surface area contributed by atoms with Crippen LogP contribution in [0.3, 0.4) is 0 Å². The van der Waals surface area contributed by atoms with Gasteiger partial charge in [0.15, 0.2) is 11.6 Å². The Labute approximate surface area is 231 Å². The summed E-state index contributed by atoms with van der Waals surface area (Å²) in [6, 6.07) is 1.37. The van der Waals surface area contributed by atoms with Crippen LogP contribution in [0.15, 0.2) is 17.1 Å². The van der Waals surface area contributed by atoms with Gasteiger partial charge in [0.25, 0.3) is 11.9 Å². The van der Waals surface area contributed by atoms with E-state index in [1.165, 1.54) is 27.2 Å². The molecule has 2 aliphatic heterocycles. The van der Waals surface area contributed by atoms with Crippen molar-refractivity contribution in [2.75, 3.05) is 31.6 Å². The molecule has 1 aromatic heterocycles. The Morgan fingerprint density at radius 2 is 1.77 bits per heavy atom. The van der Waals surface area contributed by atoms with Gasteiger partial charge >= 0.3 is 13.3 Å². The molecule has 1 aliphatic carbocycles. The van der Waals surface area contributed by atoms with Crippen molar-refractivity contribution in [1.29, 1.82) is 0 Å². The van der Waals surface area contributed by atoms with Gasteiger partial charge in [-0.05, 0) is 44.2 Å². The Morgan fingerprint density at radius 1 is 1.07 bits per heavy atom. The van der Waals surface area contributed by atoms with Gasteiger partial charge in [0.2, 0.25) is 5.43 Å². The lowest BCUT2D eigenvalue weighted by atomic mass is 9.94. The second kappa shape index (κ2) is 11.5. The van der Waals surface area contributed by atoms with Gasteiger partial charge in [-0.15, -0.1) is 0 Å². The third-order valence-electron chi connectivity index (χ3n) is 7.71. The number of ether oxygens (including phenoxy) is 1. The van der Waals surface area contributed by atoms with E-state index >= 15 is 4.39 Å². The van der Waals surface area contributed by atoms with E-state index in [1.807, 2.05) is 4.90 Å². The number of nitrogens with zero attached hydrogens (tertiary/aromatic N) is 2. The summed E-state index contributed by atoms with van der Waals surface area (Å²) in [5, 5.41) is 3.48. The molecule has 11 nitrogen and oxygen atoms in total. The number of carbonyl (C=O) groups is 3. The standard InChI is InChI=1S/C27H33BFN3O8/c1-4-21(33)38-28(39-22(34)5-2)40-27(36)18-13-32(16-8-9-16)23-17(25(18)35)11-19(29)24(26(23)37-3)31-12-15-7-6-10-30-20(15)14-31/h11,13,15-16,20,30H,4-10,12,14H2,1-3H3/t15-,20+/m0/s1. The van der Waals surface area contributed by atoms with Crippen molar-refractivity contribution < 1.29 is 37.5 Å². The number of methoxy groups -OCH3 is 1. The van der Waals surface area contributed by atoms with Crippen LogP contribution in [0.25, 0.3) is 10.9 Å². The quantitative estimate of drug-likeness (QED) is 0.460. The molecule has 0 spiro atoms. The smallest absolute Gasteiger partial charge is 0.492 e. The molecule has 0 unspecified atom stereocenters. The first-order valence-corrected chi connectivity index (χ1v) is 13.8. The van der Waals surface area contributed by atoms with Gasteiger partial charge in [-0.2, -0.15) is 0 Å². The maximum Gasteiger partial charge on any atom is 0.870 e. The molecule has 1 aromatic carbocycles. The molecule has 2 saturated heterocycles. The van der Waals surface area contributed by atoms with Gasteiger partial charge in [-0.3, -0.25) is 14.4 Å². The molecular weight excluding hydrogens is 524 g/mol. The fraction of sp³-hybridized carbons (Fsp3) is 0.556. The van der Waals surface area contributed by atoms with Crippen LogP contribution >= 0.6 is 0 Å². The number of halogens is 1. The van der Waals surface area contributed by atoms with Crippen molar-refractivity contribution in [2.24, 2.45) is 5.92 Å². The molecule has 0 bridgehead atoms. The monoisotopic (exact) mass is 557 g/mol. The SMILES string of the molecule is CCC(=O)OB(OC(=O)CC)OC(=O)c1cn(C2CC2)c2c(OC)c(N3C[C@@H]4CCCN[C@@H]4C3)c(F)cc2c1=O. The molecule has 3 fully saturated rings. The van der Waals surface area contributed by atoms with Crippen LogP contribution in [-0.2, 0) is 23.6 Å². The molecule has 2 atom stereocenters. The van der Waals surface area contributed by atoms with E-state index in [0.29, 0.717) is 30.2 Å². The van der Waals surface area contributed by atoms with Crippen LogP contribution in [0.1, 0.15) is 68.8 Å². The van der Waals surface area contributed by atoms with Gasteiger partial charge in [-0.1, -0.05) is 13.8 Å². The molecule has 0 amide bonds. The maximum atomic E-state index is 15.8. The molecule has 3 aliphatic rings. The average Bonchev–Trinajstić information content (AvgIpc) is 3.70. The highest BCUT2D eigenvalue weighted by Gasteiger charge is 2.40. The minimum atomic E-state index is -1.96. The molecule has 40 heavy (non-hydrogen) atoms. The third-order valence-corrected chi connectivity index (χ3v) is 7.71. The molecule has 0 radical (unpaired) electrons. The normalized spacial score (nSPS) is 20.1. The highest BCUT2D eigenvalue weighted by molar-refractivity contribution is 6.44. The average molecular weight is 557 g/mol. The number of hydrogen-bond donors (Lipinski definition) is 1. The summed E-state index contributed by atoms with van der Waals surface area (Å²) in [6.07, 6.45) is 4.97. The first-order chi connectivity index (χ1) is 19.2. The van der Waals surface area contributed by atoms with E-state index in [-0.39, 0.29) is 36.1 Å². The molecule has 1 saturated carbocycles. The number of benzene rings is 1. The summed E-state index contributed by atoms with van der Waals surface area (Å²) in [7, 11) is -0.518. The molecule has 13 heteroatoms. The summed E-state index contributed by atoms with van der Waals surface area (Å²) >= 11 is 0. The number of pyridine rings is 1. The van der Waals surface area contributed by atoms with Gasteiger partial charge in [0.1, 0.15) is 11.3 Å². The molecule has 1 N–H and O–H groups in total. The lowest BCUT2D eigenvalue weighted by molar-refractivity contribution is -0.142. The fourth-order valence-electron chi connectivity index (χ4n) is 5.55. The number of nitrogens with one attached hydrogen (secondary N) is 1. The predicted octanol–water partition coefficient (Wildman–Crippen LogP) is 2.72. The van der Waals surface area contributed by atoms with Gasteiger partial charge in [-0.25, -0.2) is 9.18 Å². The molecule has 2 aromatic rings. The van der Waals surface area contributed by atoms with E-state index in [0.717, 1.165) is 38.3 Å². The summed E-state index contributed by atoms with van der Waals surface area (Å²) in [5.74, 6) is -2.70. The fourth-order valence-corrected chi connectivity index (χ4v) is 5.55. The largest absolute Gasteiger partial charge is 0.870 e. The number of hydrogen-bond acceptors (Lipinski definition) is 10. The minimum absolute atomic E-state index is 0.0312. The number of fused-ring (bicyclic) bond motifs is 2. The lowest BCUT2D eigenvalue weighted by Gasteiger charge is -2.25. The highest BCUT2D eigenvalue weighted by atomic mass is 19.1. The Bertz CT molecular complexity index is 1360. The summed E-state index contributed by atoms with van der Waals surface area (Å²) in [5.41, 5.74) is -0.486. The lowest BCUT2D eigenvalue weighted by Crippen LogP contribution is -2.40. The summed E-state index contributed by atoms with van der Waals surface area (Å²) in [6.45, 7) is 5.26. The van der Waals surface area contributed by atoms with Crippen molar-refractivity contribution in [2.45, 2.75) is 64.5 Å². The number of carbonyl (C=O) groups excluding carboxylic acids is 3. The van der Waals surface area contributed by atoms with Crippen molar-refractivity contribution in [3.8, 4) is 5.75 Å². The van der Waals surface area contributed by atoms with E-state index in [4.69, 9.17) is 18.7 Å². The third kappa shape index (κ3) is 5.39. The van der Waals surface area contributed by atoms with Crippen molar-refractivity contribution >= 4 is 41.8 Å². The van der Waals surface area contributed by atoms with Crippen LogP contribution in [-0.4, -0.2) is 62.6 Å². The second-order valence-electron chi connectivity index (χ2n) is 10.4. The Hall–Kier alpha value is -3.61.